The average molecular weight is 389 g/mol. The molecule has 0 aliphatic rings. The predicted octanol–water partition coefficient (Wildman–Crippen LogP) is 3.66. The molecule has 5 heteroatoms. The maximum Gasteiger partial charge on any atom is 0.262 e. The third kappa shape index (κ3) is 3.69. The van der Waals surface area contributed by atoms with Gasteiger partial charge < -0.3 is 9.80 Å². The van der Waals surface area contributed by atoms with Gasteiger partial charge in [-0.1, -0.05) is 54.6 Å². The molecule has 0 atom stereocenters. The average Bonchev–Trinajstić information content (AvgIpc) is 2.75. The Labute approximate surface area is 172 Å². The molecular formula is C24H27N3O2. The Morgan fingerprint density at radius 2 is 1.07 bits per heavy atom. The van der Waals surface area contributed by atoms with Crippen molar-refractivity contribution >= 4 is 17.3 Å². The lowest BCUT2D eigenvalue weighted by Crippen LogP contribution is -2.45. The van der Waals surface area contributed by atoms with Crippen LogP contribution in [0.5, 0.6) is 0 Å². The van der Waals surface area contributed by atoms with E-state index in [9.17, 15) is 10.0 Å². The molecule has 0 unspecified atom stereocenters. The zero-order chi connectivity index (χ0) is 21.0. The zero-order valence-corrected chi connectivity index (χ0v) is 17.3. The molecule has 0 saturated heterocycles. The van der Waals surface area contributed by atoms with Crippen LogP contribution >= 0.6 is 0 Å². The number of benzene rings is 3. The van der Waals surface area contributed by atoms with E-state index in [0.717, 1.165) is 28.1 Å². The number of hydroxylamine groups is 1. The summed E-state index contributed by atoms with van der Waals surface area (Å²) < 4.78 is 0. The zero-order valence-electron chi connectivity index (χ0n) is 17.3. The molecule has 0 heterocycles. The highest BCUT2D eigenvalue weighted by molar-refractivity contribution is 5.95. The minimum Gasteiger partial charge on any atom is -0.378 e. The Bertz CT molecular complexity index is 898. The standard InChI is InChI=1S/C24H27N3O2/c1-26(2)21-14-10-19(11-15-21)24(23(28)25-29,18-8-6-5-7-9-18)20-12-16-22(17-13-20)27(3)4/h5-17,29H,1-4H3,(H,25,28). The van der Waals surface area contributed by atoms with Crippen molar-refractivity contribution in [2.24, 2.45) is 0 Å². The fourth-order valence-corrected chi connectivity index (χ4v) is 3.68. The quantitative estimate of drug-likeness (QED) is 0.384. The molecule has 0 fully saturated rings. The number of carbonyl (C=O) groups excluding carboxylic acids is 1. The SMILES string of the molecule is CN(C)c1ccc(C(C(=O)NO)(c2ccccc2)c2ccc(N(C)C)cc2)cc1. The van der Waals surface area contributed by atoms with Crippen molar-refractivity contribution < 1.29 is 10.0 Å². The van der Waals surface area contributed by atoms with Gasteiger partial charge in [-0.2, -0.15) is 0 Å². The molecule has 150 valence electrons. The molecule has 1 amide bonds. The van der Waals surface area contributed by atoms with Crippen molar-refractivity contribution in [3.8, 4) is 0 Å². The van der Waals surface area contributed by atoms with E-state index < -0.39 is 11.3 Å². The number of hydrogen-bond acceptors (Lipinski definition) is 4. The van der Waals surface area contributed by atoms with Crippen LogP contribution in [-0.4, -0.2) is 39.3 Å². The van der Waals surface area contributed by atoms with Gasteiger partial charge in [0.15, 0.2) is 0 Å². The van der Waals surface area contributed by atoms with Crippen molar-refractivity contribution in [1.82, 2.24) is 5.48 Å². The summed E-state index contributed by atoms with van der Waals surface area (Å²) in [6.07, 6.45) is 0. The summed E-state index contributed by atoms with van der Waals surface area (Å²) in [5, 5.41) is 9.72. The summed E-state index contributed by atoms with van der Waals surface area (Å²) in [4.78, 5) is 17.3. The van der Waals surface area contributed by atoms with Gasteiger partial charge in [0.2, 0.25) is 0 Å². The third-order valence-electron chi connectivity index (χ3n) is 5.28. The molecule has 0 aromatic heterocycles. The van der Waals surface area contributed by atoms with E-state index >= 15 is 0 Å². The lowest BCUT2D eigenvalue weighted by atomic mass is 9.68. The number of carbonyl (C=O) groups is 1. The van der Waals surface area contributed by atoms with Crippen LogP contribution in [0.15, 0.2) is 78.9 Å². The van der Waals surface area contributed by atoms with Gasteiger partial charge in [-0.25, -0.2) is 5.48 Å². The molecular weight excluding hydrogens is 362 g/mol. The van der Waals surface area contributed by atoms with Gasteiger partial charge in [0.25, 0.3) is 5.91 Å². The van der Waals surface area contributed by atoms with Crippen molar-refractivity contribution in [2.75, 3.05) is 38.0 Å². The fourth-order valence-electron chi connectivity index (χ4n) is 3.68. The van der Waals surface area contributed by atoms with Crippen LogP contribution in [0.3, 0.4) is 0 Å². The largest absolute Gasteiger partial charge is 0.378 e. The van der Waals surface area contributed by atoms with Crippen molar-refractivity contribution in [1.29, 1.82) is 0 Å². The summed E-state index contributed by atoms with van der Waals surface area (Å²) in [5.74, 6) is -0.501. The lowest BCUT2D eigenvalue weighted by molar-refractivity contribution is -0.132. The Hall–Kier alpha value is -3.31. The van der Waals surface area contributed by atoms with Crippen LogP contribution < -0.4 is 15.3 Å². The lowest BCUT2D eigenvalue weighted by Gasteiger charge is -2.34. The first-order valence-electron chi connectivity index (χ1n) is 9.47. The van der Waals surface area contributed by atoms with Crippen LogP contribution in [0.4, 0.5) is 11.4 Å². The molecule has 5 nitrogen and oxygen atoms in total. The smallest absolute Gasteiger partial charge is 0.262 e. The van der Waals surface area contributed by atoms with E-state index in [1.54, 1.807) is 0 Å². The first kappa shape index (κ1) is 20.4. The predicted molar refractivity (Wildman–Crippen MR) is 118 cm³/mol. The molecule has 0 aliphatic heterocycles. The van der Waals surface area contributed by atoms with Gasteiger partial charge in [0.1, 0.15) is 5.41 Å². The number of amides is 1. The van der Waals surface area contributed by atoms with E-state index in [0.29, 0.717) is 0 Å². The Morgan fingerprint density at radius 3 is 1.41 bits per heavy atom. The number of nitrogens with one attached hydrogen (secondary N) is 1. The second-order valence-electron chi connectivity index (χ2n) is 7.44. The van der Waals surface area contributed by atoms with E-state index in [1.165, 1.54) is 0 Å². The van der Waals surface area contributed by atoms with Crippen LogP contribution in [0.1, 0.15) is 16.7 Å². The van der Waals surface area contributed by atoms with Crippen molar-refractivity contribution in [3.63, 3.8) is 0 Å². The number of nitrogens with zero attached hydrogens (tertiary/aromatic N) is 2. The Balaban J connectivity index is 2.30. The highest BCUT2D eigenvalue weighted by Gasteiger charge is 2.44. The van der Waals surface area contributed by atoms with Crippen molar-refractivity contribution in [3.05, 3.63) is 95.6 Å². The molecule has 0 radical (unpaired) electrons. The summed E-state index contributed by atoms with van der Waals surface area (Å²) in [6.45, 7) is 0. The van der Waals surface area contributed by atoms with Gasteiger partial charge in [-0.15, -0.1) is 0 Å². The molecule has 3 aromatic carbocycles. The van der Waals surface area contributed by atoms with Crippen molar-refractivity contribution in [2.45, 2.75) is 5.41 Å². The normalized spacial score (nSPS) is 11.1. The van der Waals surface area contributed by atoms with Gasteiger partial charge in [0.05, 0.1) is 0 Å². The summed E-state index contributed by atoms with van der Waals surface area (Å²) in [7, 11) is 7.89. The first-order chi connectivity index (χ1) is 13.9. The Kier molecular flexibility index (Phi) is 5.89. The van der Waals surface area contributed by atoms with E-state index in [4.69, 9.17) is 0 Å². The second kappa shape index (κ2) is 8.37. The van der Waals surface area contributed by atoms with Crippen LogP contribution in [-0.2, 0) is 10.2 Å². The van der Waals surface area contributed by atoms with Crippen LogP contribution in [0.2, 0.25) is 0 Å². The van der Waals surface area contributed by atoms with E-state index in [2.05, 4.69) is 0 Å². The van der Waals surface area contributed by atoms with Crippen LogP contribution in [0.25, 0.3) is 0 Å². The summed E-state index contributed by atoms with van der Waals surface area (Å²) >= 11 is 0. The fraction of sp³-hybridized carbons (Fsp3) is 0.208. The third-order valence-corrected chi connectivity index (χ3v) is 5.28. The molecule has 3 rings (SSSR count). The number of anilines is 2. The maximum atomic E-state index is 13.3. The number of rotatable bonds is 6. The van der Waals surface area contributed by atoms with Gasteiger partial charge >= 0.3 is 0 Å². The maximum absolute atomic E-state index is 13.3. The minimum atomic E-state index is -1.19. The molecule has 29 heavy (non-hydrogen) atoms. The van der Waals surface area contributed by atoms with Crippen LogP contribution in [0, 0.1) is 0 Å². The second-order valence-corrected chi connectivity index (χ2v) is 7.44. The molecule has 0 spiro atoms. The summed E-state index contributed by atoms with van der Waals surface area (Å²) in [5.41, 5.74) is 5.12. The van der Waals surface area contributed by atoms with Gasteiger partial charge in [0, 0.05) is 39.6 Å². The molecule has 0 saturated carbocycles. The molecule has 0 bridgehead atoms. The monoisotopic (exact) mass is 389 g/mol. The highest BCUT2D eigenvalue weighted by Crippen LogP contribution is 2.40. The topological polar surface area (TPSA) is 55.8 Å². The minimum absolute atomic E-state index is 0.501. The van der Waals surface area contributed by atoms with E-state index in [1.807, 2.05) is 122 Å². The number of hydrogen-bond donors (Lipinski definition) is 2. The highest BCUT2D eigenvalue weighted by atomic mass is 16.5. The molecule has 2 N–H and O–H groups in total. The molecule has 0 aliphatic carbocycles. The van der Waals surface area contributed by atoms with Gasteiger partial charge in [-0.05, 0) is 41.0 Å². The van der Waals surface area contributed by atoms with E-state index in [-0.39, 0.29) is 0 Å². The molecule has 3 aromatic rings. The van der Waals surface area contributed by atoms with Gasteiger partial charge in [-0.3, -0.25) is 10.0 Å². The summed E-state index contributed by atoms with van der Waals surface area (Å²) in [6, 6.07) is 25.2. The Morgan fingerprint density at radius 1 is 0.690 bits per heavy atom. The first-order valence-corrected chi connectivity index (χ1v) is 9.47.